The molecule has 242 valence electrons. The number of para-hydroxylation sites is 1. The highest BCUT2D eigenvalue weighted by Gasteiger charge is 2.38. The number of ether oxygens (including phenoxy) is 1. The van der Waals surface area contributed by atoms with Gasteiger partial charge in [-0.15, -0.1) is 0 Å². The van der Waals surface area contributed by atoms with Gasteiger partial charge >= 0.3 is 18.1 Å². The molecule has 0 saturated carbocycles. The normalized spacial score (nSPS) is 11.3. The maximum atomic E-state index is 13.4. The van der Waals surface area contributed by atoms with Crippen LogP contribution in [0.1, 0.15) is 15.9 Å². The molecule has 0 spiro atoms. The third-order valence-electron chi connectivity index (χ3n) is 6.60. The maximum Gasteiger partial charge on any atom is 0.490 e. The summed E-state index contributed by atoms with van der Waals surface area (Å²) in [5, 5.41) is 26.0. The number of amidine groups is 1. The van der Waals surface area contributed by atoms with Crippen LogP contribution in [0.4, 0.5) is 23.2 Å². The number of nitrogens with one attached hydrogen (secondary N) is 1. The predicted molar refractivity (Wildman–Crippen MR) is 164 cm³/mol. The second-order valence-electron chi connectivity index (χ2n) is 9.73. The first kappa shape index (κ1) is 33.9. The molecule has 0 fully saturated rings. The molecule has 0 aliphatic heterocycles. The fraction of sp³-hybridized carbons (Fsp3) is 0.0312. The Labute approximate surface area is 263 Å². The standard InChI is InChI=1S/C30H22FN3O5S.C2HF3O2/c31-20-7-10-22(11-8-20)40(37,38)23-12-13-27(26(16-23)24-2-1-3-25(28(24)32)30(35)36)39-21-9-6-17-14-19(29(33)34)5-4-18(17)15-21;3-2(4,5)1(6)7/h1-16H,32H2,(H3,33,34)(H,35,36);(H,6,7). The Bertz CT molecular complexity index is 2140. The molecule has 0 aliphatic rings. The summed E-state index contributed by atoms with van der Waals surface area (Å²) >= 11 is 0. The van der Waals surface area contributed by atoms with Crippen molar-refractivity contribution in [1.29, 1.82) is 5.41 Å². The van der Waals surface area contributed by atoms with Crippen LogP contribution in [0.5, 0.6) is 11.5 Å². The number of nitrogens with two attached hydrogens (primary N) is 2. The monoisotopic (exact) mass is 669 g/mol. The van der Waals surface area contributed by atoms with Gasteiger partial charge in [0.25, 0.3) is 0 Å². The molecule has 0 aromatic heterocycles. The lowest BCUT2D eigenvalue weighted by atomic mass is 9.99. The maximum absolute atomic E-state index is 13.4. The summed E-state index contributed by atoms with van der Waals surface area (Å²) in [4.78, 5) is 20.4. The van der Waals surface area contributed by atoms with Gasteiger partial charge in [-0.1, -0.05) is 30.3 Å². The number of aromatic carboxylic acids is 1. The van der Waals surface area contributed by atoms with Gasteiger partial charge in [0.1, 0.15) is 23.2 Å². The zero-order valence-electron chi connectivity index (χ0n) is 23.7. The summed E-state index contributed by atoms with van der Waals surface area (Å²) in [7, 11) is -4.06. The van der Waals surface area contributed by atoms with Crippen molar-refractivity contribution in [1.82, 2.24) is 0 Å². The van der Waals surface area contributed by atoms with E-state index in [0.29, 0.717) is 11.3 Å². The molecule has 0 unspecified atom stereocenters. The van der Waals surface area contributed by atoms with Crippen molar-refractivity contribution >= 4 is 44.1 Å². The fourth-order valence-corrected chi connectivity index (χ4v) is 5.58. The molecule has 7 N–H and O–H groups in total. The van der Waals surface area contributed by atoms with Gasteiger partial charge in [0.15, 0.2) is 0 Å². The summed E-state index contributed by atoms with van der Waals surface area (Å²) in [6, 6.07) is 23.6. The van der Waals surface area contributed by atoms with E-state index < -0.39 is 33.8 Å². The zero-order chi connectivity index (χ0) is 34.7. The van der Waals surface area contributed by atoms with Crippen molar-refractivity contribution in [2.24, 2.45) is 5.73 Å². The van der Waals surface area contributed by atoms with E-state index >= 15 is 0 Å². The number of sulfone groups is 1. The van der Waals surface area contributed by atoms with Crippen LogP contribution >= 0.6 is 0 Å². The number of alkyl halides is 3. The molecule has 15 heteroatoms. The van der Waals surface area contributed by atoms with Gasteiger partial charge in [-0.2, -0.15) is 13.2 Å². The van der Waals surface area contributed by atoms with Gasteiger partial charge in [-0.25, -0.2) is 22.4 Å². The van der Waals surface area contributed by atoms with Gasteiger partial charge in [0, 0.05) is 16.7 Å². The molecule has 47 heavy (non-hydrogen) atoms. The number of carbonyl (C=O) groups is 2. The van der Waals surface area contributed by atoms with E-state index in [9.17, 15) is 35.9 Å². The van der Waals surface area contributed by atoms with Crippen LogP contribution in [-0.4, -0.2) is 42.6 Å². The Morgan fingerprint density at radius 3 is 1.98 bits per heavy atom. The molecule has 0 radical (unpaired) electrons. The predicted octanol–water partition coefficient (Wildman–Crippen LogP) is 6.47. The first-order chi connectivity index (χ1) is 22.0. The summed E-state index contributed by atoms with van der Waals surface area (Å²) in [6.07, 6.45) is -5.08. The number of aliphatic carboxylic acids is 1. The smallest absolute Gasteiger partial charge is 0.478 e. The number of nitrogen functional groups attached to an aromatic ring is 2. The second-order valence-corrected chi connectivity index (χ2v) is 11.7. The molecular weight excluding hydrogens is 646 g/mol. The molecule has 0 atom stereocenters. The molecule has 0 heterocycles. The average Bonchev–Trinajstić information content (AvgIpc) is 3.01. The first-order valence-corrected chi connectivity index (χ1v) is 14.6. The molecular formula is C32H23F4N3O7S. The summed E-state index contributed by atoms with van der Waals surface area (Å²) in [5.74, 6) is -3.97. The number of rotatable bonds is 7. The summed E-state index contributed by atoms with van der Waals surface area (Å²) in [5.41, 5.74) is 12.7. The van der Waals surface area contributed by atoms with Gasteiger partial charge in [-0.05, 0) is 77.5 Å². The third kappa shape index (κ3) is 7.65. The van der Waals surface area contributed by atoms with E-state index in [1.54, 1.807) is 42.5 Å². The van der Waals surface area contributed by atoms with Crippen molar-refractivity contribution in [3.8, 4) is 22.6 Å². The number of halogens is 4. The van der Waals surface area contributed by atoms with E-state index in [0.717, 1.165) is 22.9 Å². The zero-order valence-corrected chi connectivity index (χ0v) is 24.6. The van der Waals surface area contributed by atoms with Gasteiger partial charge in [-0.3, -0.25) is 5.41 Å². The Balaban J connectivity index is 0.000000644. The number of hydrogen-bond donors (Lipinski definition) is 5. The Kier molecular flexibility index (Phi) is 9.51. The lowest BCUT2D eigenvalue weighted by Crippen LogP contribution is -2.21. The lowest BCUT2D eigenvalue weighted by molar-refractivity contribution is -0.192. The Morgan fingerprint density at radius 1 is 0.787 bits per heavy atom. The summed E-state index contributed by atoms with van der Waals surface area (Å²) < 4.78 is 78.1. The second kappa shape index (κ2) is 13.2. The highest BCUT2D eigenvalue weighted by Crippen LogP contribution is 2.40. The number of carboxylic acids is 2. The number of anilines is 1. The van der Waals surface area contributed by atoms with Crippen LogP contribution in [0.25, 0.3) is 21.9 Å². The number of hydrogen-bond acceptors (Lipinski definition) is 7. The first-order valence-electron chi connectivity index (χ1n) is 13.1. The number of carboxylic acid groups (broad SMARTS) is 2. The lowest BCUT2D eigenvalue weighted by Gasteiger charge is -2.16. The Hall–Kier alpha value is -5.96. The van der Waals surface area contributed by atoms with E-state index in [1.165, 1.54) is 42.5 Å². The van der Waals surface area contributed by atoms with Gasteiger partial charge in [0.2, 0.25) is 9.84 Å². The van der Waals surface area contributed by atoms with E-state index in [-0.39, 0.29) is 43.8 Å². The molecule has 5 rings (SSSR count). The van der Waals surface area contributed by atoms with Crippen LogP contribution in [0.2, 0.25) is 0 Å². The minimum Gasteiger partial charge on any atom is -0.478 e. The third-order valence-corrected chi connectivity index (χ3v) is 8.37. The van der Waals surface area contributed by atoms with Crippen molar-refractivity contribution < 1.29 is 50.5 Å². The molecule has 5 aromatic rings. The van der Waals surface area contributed by atoms with Crippen molar-refractivity contribution in [3.05, 3.63) is 114 Å². The molecule has 5 aromatic carbocycles. The van der Waals surface area contributed by atoms with E-state index in [1.807, 2.05) is 0 Å². The minimum absolute atomic E-state index is 0.0521. The number of fused-ring (bicyclic) bond motifs is 1. The van der Waals surface area contributed by atoms with E-state index in [2.05, 4.69) is 0 Å². The van der Waals surface area contributed by atoms with Gasteiger partial charge < -0.3 is 26.4 Å². The van der Waals surface area contributed by atoms with Crippen molar-refractivity contribution in [2.75, 3.05) is 5.73 Å². The SMILES string of the molecule is N=C(N)c1ccc2cc(Oc3ccc(S(=O)(=O)c4ccc(F)cc4)cc3-c3cccc(C(=O)O)c3N)ccc2c1.O=C(O)C(F)(F)F. The van der Waals surface area contributed by atoms with Crippen LogP contribution in [0.15, 0.2) is 107 Å². The molecule has 10 nitrogen and oxygen atoms in total. The highest BCUT2D eigenvalue weighted by molar-refractivity contribution is 7.91. The largest absolute Gasteiger partial charge is 0.490 e. The van der Waals surface area contributed by atoms with E-state index in [4.69, 9.17) is 31.5 Å². The fourth-order valence-electron chi connectivity index (χ4n) is 4.29. The topological polar surface area (TPSA) is 194 Å². The quantitative estimate of drug-likeness (QED) is 0.0424. The molecule has 0 bridgehead atoms. The minimum atomic E-state index is -5.08. The van der Waals surface area contributed by atoms with Crippen molar-refractivity contribution in [2.45, 2.75) is 16.0 Å². The average molecular weight is 670 g/mol. The summed E-state index contributed by atoms with van der Waals surface area (Å²) in [6.45, 7) is 0. The van der Waals surface area contributed by atoms with Crippen LogP contribution in [-0.2, 0) is 14.6 Å². The molecule has 0 saturated heterocycles. The van der Waals surface area contributed by atoms with Gasteiger partial charge in [0.05, 0.1) is 21.0 Å². The Morgan fingerprint density at radius 2 is 1.38 bits per heavy atom. The van der Waals surface area contributed by atoms with Crippen LogP contribution < -0.4 is 16.2 Å². The van der Waals surface area contributed by atoms with Crippen molar-refractivity contribution in [3.63, 3.8) is 0 Å². The molecule has 0 aliphatic carbocycles. The highest BCUT2D eigenvalue weighted by atomic mass is 32.2. The van der Waals surface area contributed by atoms with Crippen LogP contribution in [0, 0.1) is 11.2 Å². The number of benzene rings is 5. The van der Waals surface area contributed by atoms with Crippen LogP contribution in [0.3, 0.4) is 0 Å². The molecule has 0 amide bonds.